The van der Waals surface area contributed by atoms with Crippen LogP contribution in [-0.2, 0) is 4.74 Å². The molecule has 1 amide bonds. The lowest BCUT2D eigenvalue weighted by Crippen LogP contribution is -2.34. The summed E-state index contributed by atoms with van der Waals surface area (Å²) < 4.78 is 5.80. The van der Waals surface area contributed by atoms with Gasteiger partial charge in [0.2, 0.25) is 0 Å². The molecule has 1 saturated carbocycles. The first-order valence-corrected chi connectivity index (χ1v) is 8.29. The van der Waals surface area contributed by atoms with Crippen LogP contribution in [0.25, 0.3) is 0 Å². The Labute approximate surface area is 137 Å². The number of nitrogens with one attached hydrogen (secondary N) is 1. The van der Waals surface area contributed by atoms with Crippen LogP contribution < -0.4 is 5.32 Å². The van der Waals surface area contributed by atoms with Crippen molar-refractivity contribution in [1.82, 2.24) is 9.88 Å². The first-order chi connectivity index (χ1) is 10.1. The van der Waals surface area contributed by atoms with E-state index < -0.39 is 0 Å². The Morgan fingerprint density at radius 2 is 2.38 bits per heavy atom. The van der Waals surface area contributed by atoms with E-state index in [1.807, 2.05) is 11.0 Å². The molecule has 1 aliphatic carbocycles. The zero-order chi connectivity index (χ0) is 14.8. The van der Waals surface area contributed by atoms with E-state index in [1.165, 1.54) is 0 Å². The number of anilines is 1. The molecule has 2 atom stereocenters. The fourth-order valence-corrected chi connectivity index (χ4v) is 3.38. The molecule has 0 aromatic carbocycles. The van der Waals surface area contributed by atoms with Crippen LogP contribution in [0.1, 0.15) is 19.3 Å². The van der Waals surface area contributed by atoms with Crippen LogP contribution >= 0.6 is 27.5 Å². The van der Waals surface area contributed by atoms with E-state index in [0.717, 1.165) is 42.6 Å². The standard InChI is InChI=1S/C14H17BrClN3O2/c15-11-8-18-13(6-12(11)16)17-7-9-1-2-10(5-9)19-3-4-21-14(19)20/h6,8-10H,1-5,7H2,(H,17,18). The molecule has 0 spiro atoms. The van der Waals surface area contributed by atoms with Crippen LogP contribution in [0.2, 0.25) is 5.02 Å². The van der Waals surface area contributed by atoms with Gasteiger partial charge in [-0.3, -0.25) is 0 Å². The van der Waals surface area contributed by atoms with Crippen LogP contribution in [0, 0.1) is 5.92 Å². The molecule has 1 aromatic rings. The average molecular weight is 375 g/mol. The number of hydrogen-bond acceptors (Lipinski definition) is 4. The average Bonchev–Trinajstić information content (AvgIpc) is 3.08. The third-order valence-electron chi connectivity index (χ3n) is 4.13. The second kappa shape index (κ2) is 6.40. The largest absolute Gasteiger partial charge is 0.448 e. The minimum absolute atomic E-state index is 0.157. The van der Waals surface area contributed by atoms with Crippen LogP contribution in [-0.4, -0.2) is 41.7 Å². The number of rotatable bonds is 4. The highest BCUT2D eigenvalue weighted by Gasteiger charge is 2.35. The maximum absolute atomic E-state index is 11.6. The first kappa shape index (κ1) is 14.9. The molecule has 3 rings (SSSR count). The van der Waals surface area contributed by atoms with Gasteiger partial charge in [0.05, 0.1) is 16.0 Å². The number of pyridine rings is 1. The number of amides is 1. The van der Waals surface area contributed by atoms with Crippen molar-refractivity contribution in [3.63, 3.8) is 0 Å². The highest BCUT2D eigenvalue weighted by molar-refractivity contribution is 9.10. The molecular weight excluding hydrogens is 358 g/mol. The second-order valence-electron chi connectivity index (χ2n) is 5.51. The molecule has 1 aromatic heterocycles. The highest BCUT2D eigenvalue weighted by atomic mass is 79.9. The fraction of sp³-hybridized carbons (Fsp3) is 0.571. The van der Waals surface area contributed by atoms with E-state index in [4.69, 9.17) is 16.3 Å². The molecule has 2 aliphatic rings. The number of aromatic nitrogens is 1. The van der Waals surface area contributed by atoms with Crippen molar-refractivity contribution in [1.29, 1.82) is 0 Å². The number of halogens is 2. The third kappa shape index (κ3) is 3.43. The minimum atomic E-state index is -0.157. The SMILES string of the molecule is O=C1OCCN1C1CCC(CNc2cc(Cl)c(Br)cn2)C1. The summed E-state index contributed by atoms with van der Waals surface area (Å²) >= 11 is 9.38. The molecular formula is C14H17BrClN3O2. The molecule has 0 radical (unpaired) electrons. The van der Waals surface area contributed by atoms with Gasteiger partial charge >= 0.3 is 6.09 Å². The number of nitrogens with zero attached hydrogens (tertiary/aromatic N) is 2. The Balaban J connectivity index is 1.50. The van der Waals surface area contributed by atoms with Crippen molar-refractivity contribution < 1.29 is 9.53 Å². The lowest BCUT2D eigenvalue weighted by Gasteiger charge is -2.21. The summed E-state index contributed by atoms with van der Waals surface area (Å²) in [6.45, 7) is 2.11. The molecule has 1 saturated heterocycles. The predicted molar refractivity (Wildman–Crippen MR) is 84.6 cm³/mol. The van der Waals surface area contributed by atoms with Gasteiger partial charge in [0.15, 0.2) is 0 Å². The topological polar surface area (TPSA) is 54.5 Å². The van der Waals surface area contributed by atoms with Crippen LogP contribution in [0.5, 0.6) is 0 Å². The van der Waals surface area contributed by atoms with Gasteiger partial charge in [-0.15, -0.1) is 0 Å². The molecule has 2 fully saturated rings. The first-order valence-electron chi connectivity index (χ1n) is 7.12. The summed E-state index contributed by atoms with van der Waals surface area (Å²) in [5.41, 5.74) is 0. The molecule has 2 unspecified atom stereocenters. The van der Waals surface area contributed by atoms with E-state index in [2.05, 4.69) is 26.2 Å². The lowest BCUT2D eigenvalue weighted by molar-refractivity contribution is 0.147. The number of cyclic esters (lactones) is 1. The van der Waals surface area contributed by atoms with Gasteiger partial charge in [-0.05, 0) is 41.1 Å². The zero-order valence-corrected chi connectivity index (χ0v) is 13.9. The van der Waals surface area contributed by atoms with Gasteiger partial charge in [-0.25, -0.2) is 9.78 Å². The van der Waals surface area contributed by atoms with Gasteiger partial charge in [0.25, 0.3) is 0 Å². The summed E-state index contributed by atoms with van der Waals surface area (Å²) in [6.07, 6.45) is 4.73. The maximum Gasteiger partial charge on any atom is 0.410 e. The summed E-state index contributed by atoms with van der Waals surface area (Å²) in [6, 6.07) is 2.14. The minimum Gasteiger partial charge on any atom is -0.448 e. The van der Waals surface area contributed by atoms with E-state index in [-0.39, 0.29) is 6.09 Å². The van der Waals surface area contributed by atoms with E-state index in [1.54, 1.807) is 6.20 Å². The van der Waals surface area contributed by atoms with Gasteiger partial charge in [-0.1, -0.05) is 11.6 Å². The van der Waals surface area contributed by atoms with Crippen molar-refractivity contribution in [2.75, 3.05) is 25.0 Å². The Morgan fingerprint density at radius 1 is 1.52 bits per heavy atom. The Hall–Kier alpha value is -1.01. The predicted octanol–water partition coefficient (Wildman–Crippen LogP) is 3.53. The number of carbonyl (C=O) groups excluding carboxylic acids is 1. The summed E-state index contributed by atoms with van der Waals surface area (Å²) in [7, 11) is 0. The highest BCUT2D eigenvalue weighted by Crippen LogP contribution is 2.31. The van der Waals surface area contributed by atoms with Crippen LogP contribution in [0.15, 0.2) is 16.7 Å². The fourth-order valence-electron chi connectivity index (χ4n) is 3.01. The zero-order valence-electron chi connectivity index (χ0n) is 11.5. The summed E-state index contributed by atoms with van der Waals surface area (Å²) in [4.78, 5) is 17.7. The van der Waals surface area contributed by atoms with Crippen molar-refractivity contribution in [3.05, 3.63) is 21.8 Å². The third-order valence-corrected chi connectivity index (χ3v) is 5.30. The second-order valence-corrected chi connectivity index (χ2v) is 6.77. The monoisotopic (exact) mass is 373 g/mol. The van der Waals surface area contributed by atoms with Gasteiger partial charge in [0, 0.05) is 24.8 Å². The van der Waals surface area contributed by atoms with Crippen LogP contribution in [0.3, 0.4) is 0 Å². The van der Waals surface area contributed by atoms with Crippen molar-refractivity contribution >= 4 is 39.4 Å². The summed E-state index contributed by atoms with van der Waals surface area (Å²) in [5, 5.41) is 3.98. The molecule has 7 heteroatoms. The summed E-state index contributed by atoms with van der Waals surface area (Å²) in [5.74, 6) is 1.33. The van der Waals surface area contributed by atoms with Gasteiger partial charge in [-0.2, -0.15) is 0 Å². The molecule has 21 heavy (non-hydrogen) atoms. The maximum atomic E-state index is 11.6. The van der Waals surface area contributed by atoms with Crippen molar-refractivity contribution in [2.45, 2.75) is 25.3 Å². The number of ether oxygens (including phenoxy) is 1. The molecule has 2 heterocycles. The molecule has 1 aliphatic heterocycles. The smallest absolute Gasteiger partial charge is 0.410 e. The molecule has 0 bridgehead atoms. The lowest BCUT2D eigenvalue weighted by atomic mass is 10.1. The van der Waals surface area contributed by atoms with E-state index >= 15 is 0 Å². The number of hydrogen-bond donors (Lipinski definition) is 1. The Kier molecular flexibility index (Phi) is 4.54. The quantitative estimate of drug-likeness (QED) is 0.876. The van der Waals surface area contributed by atoms with Crippen LogP contribution in [0.4, 0.5) is 10.6 Å². The molecule has 114 valence electrons. The van der Waals surface area contributed by atoms with E-state index in [0.29, 0.717) is 23.6 Å². The molecule has 1 N–H and O–H groups in total. The number of carbonyl (C=O) groups is 1. The molecule has 5 nitrogen and oxygen atoms in total. The Morgan fingerprint density at radius 3 is 3.10 bits per heavy atom. The van der Waals surface area contributed by atoms with Gasteiger partial charge in [0.1, 0.15) is 12.4 Å². The van der Waals surface area contributed by atoms with Gasteiger partial charge < -0.3 is 15.0 Å². The van der Waals surface area contributed by atoms with Crippen molar-refractivity contribution in [2.24, 2.45) is 5.92 Å². The normalized spacial score (nSPS) is 25.2. The Bertz CT molecular complexity index is 543. The van der Waals surface area contributed by atoms with Crippen molar-refractivity contribution in [3.8, 4) is 0 Å². The van der Waals surface area contributed by atoms with E-state index in [9.17, 15) is 4.79 Å².